The Morgan fingerprint density at radius 1 is 1.04 bits per heavy atom. The maximum absolute atomic E-state index is 12.2. The first kappa shape index (κ1) is 17.9. The van der Waals surface area contributed by atoms with Crippen molar-refractivity contribution in [3.63, 3.8) is 0 Å². The largest absolute Gasteiger partial charge is 0.322 e. The summed E-state index contributed by atoms with van der Waals surface area (Å²) in [6.45, 7) is 4.00. The molecule has 0 atom stereocenters. The quantitative estimate of drug-likeness (QED) is 0.519. The third-order valence-corrected chi connectivity index (χ3v) is 4.56. The molecule has 0 aliphatic carbocycles. The standard InChI is InChI=1S/C21H19N3OS/c1-15-5-3-6-17(13-15)7-10-20(25)24-19-9-8-18(14-16(19)2)26-21-22-11-4-12-23-21/h3-14H,1-2H3,(H,24,25)/b10-7+. The van der Waals surface area contributed by atoms with Crippen molar-refractivity contribution in [2.75, 3.05) is 5.32 Å². The van der Waals surface area contributed by atoms with E-state index in [-0.39, 0.29) is 5.91 Å². The molecule has 0 saturated carbocycles. The maximum atomic E-state index is 12.2. The molecule has 4 nitrogen and oxygen atoms in total. The van der Waals surface area contributed by atoms with Crippen LogP contribution in [0.2, 0.25) is 0 Å². The lowest BCUT2D eigenvalue weighted by atomic mass is 10.1. The van der Waals surface area contributed by atoms with Crippen molar-refractivity contribution in [2.45, 2.75) is 23.9 Å². The number of benzene rings is 2. The molecule has 0 bridgehead atoms. The van der Waals surface area contributed by atoms with Gasteiger partial charge in [0.1, 0.15) is 0 Å². The van der Waals surface area contributed by atoms with E-state index in [1.165, 1.54) is 17.3 Å². The summed E-state index contributed by atoms with van der Waals surface area (Å²) >= 11 is 1.49. The summed E-state index contributed by atoms with van der Waals surface area (Å²) < 4.78 is 0. The van der Waals surface area contributed by atoms with E-state index >= 15 is 0 Å². The van der Waals surface area contributed by atoms with E-state index in [2.05, 4.69) is 15.3 Å². The Labute approximate surface area is 157 Å². The van der Waals surface area contributed by atoms with Gasteiger partial charge >= 0.3 is 0 Å². The number of hydrogen-bond acceptors (Lipinski definition) is 4. The smallest absolute Gasteiger partial charge is 0.248 e. The molecule has 1 aromatic heterocycles. The van der Waals surface area contributed by atoms with E-state index in [4.69, 9.17) is 0 Å². The summed E-state index contributed by atoms with van der Waals surface area (Å²) in [5, 5.41) is 3.62. The first-order chi connectivity index (χ1) is 12.6. The van der Waals surface area contributed by atoms with E-state index in [0.717, 1.165) is 21.7 Å². The van der Waals surface area contributed by atoms with Crippen LogP contribution in [-0.2, 0) is 4.79 Å². The Hall–Kier alpha value is -2.92. The molecule has 1 heterocycles. The van der Waals surface area contributed by atoms with Crippen LogP contribution in [0.3, 0.4) is 0 Å². The Morgan fingerprint density at radius 3 is 2.58 bits per heavy atom. The van der Waals surface area contributed by atoms with Gasteiger partial charge in [0.05, 0.1) is 0 Å². The van der Waals surface area contributed by atoms with E-state index in [1.807, 2.05) is 62.4 Å². The average Bonchev–Trinajstić information content (AvgIpc) is 2.63. The summed E-state index contributed by atoms with van der Waals surface area (Å²) in [6.07, 6.45) is 6.80. The molecule has 0 aliphatic rings. The van der Waals surface area contributed by atoms with Gasteiger partial charge in [-0.1, -0.05) is 29.8 Å². The molecule has 0 unspecified atom stereocenters. The highest BCUT2D eigenvalue weighted by Gasteiger charge is 2.05. The molecule has 1 N–H and O–H groups in total. The van der Waals surface area contributed by atoms with Gasteiger partial charge in [-0.05, 0) is 67.1 Å². The van der Waals surface area contributed by atoms with Crippen molar-refractivity contribution in [1.82, 2.24) is 9.97 Å². The van der Waals surface area contributed by atoms with Crippen LogP contribution < -0.4 is 5.32 Å². The predicted octanol–water partition coefficient (Wildman–Crippen LogP) is 4.90. The van der Waals surface area contributed by atoms with Crippen LogP contribution in [0.25, 0.3) is 6.08 Å². The summed E-state index contributed by atoms with van der Waals surface area (Å²) in [6, 6.07) is 15.7. The van der Waals surface area contributed by atoms with Gasteiger partial charge in [-0.2, -0.15) is 0 Å². The molecule has 130 valence electrons. The number of aryl methyl sites for hydroxylation is 2. The molecule has 0 fully saturated rings. The highest BCUT2D eigenvalue weighted by Crippen LogP contribution is 2.27. The monoisotopic (exact) mass is 361 g/mol. The lowest BCUT2D eigenvalue weighted by molar-refractivity contribution is -0.111. The molecule has 0 spiro atoms. The SMILES string of the molecule is Cc1cccc(/C=C/C(=O)Nc2ccc(Sc3ncccn3)cc2C)c1. The van der Waals surface area contributed by atoms with Crippen molar-refractivity contribution in [3.05, 3.63) is 83.7 Å². The zero-order valence-corrected chi connectivity index (χ0v) is 15.5. The molecule has 26 heavy (non-hydrogen) atoms. The van der Waals surface area contributed by atoms with Crippen LogP contribution in [0, 0.1) is 13.8 Å². The summed E-state index contributed by atoms with van der Waals surface area (Å²) in [7, 11) is 0. The molecule has 1 amide bonds. The van der Waals surface area contributed by atoms with Crippen molar-refractivity contribution in [2.24, 2.45) is 0 Å². The first-order valence-corrected chi connectivity index (χ1v) is 9.03. The zero-order chi connectivity index (χ0) is 18.4. The second-order valence-corrected chi connectivity index (χ2v) is 6.89. The topological polar surface area (TPSA) is 54.9 Å². The lowest BCUT2D eigenvalue weighted by Crippen LogP contribution is -2.08. The van der Waals surface area contributed by atoms with Crippen LogP contribution in [0.4, 0.5) is 5.69 Å². The van der Waals surface area contributed by atoms with Crippen molar-refractivity contribution >= 4 is 29.4 Å². The van der Waals surface area contributed by atoms with Gasteiger partial charge in [0.2, 0.25) is 5.91 Å². The molecule has 2 aromatic carbocycles. The number of amides is 1. The molecular weight excluding hydrogens is 342 g/mol. The van der Waals surface area contributed by atoms with E-state index < -0.39 is 0 Å². The molecule has 0 radical (unpaired) electrons. The van der Waals surface area contributed by atoms with E-state index in [1.54, 1.807) is 24.5 Å². The Morgan fingerprint density at radius 2 is 1.85 bits per heavy atom. The van der Waals surface area contributed by atoms with Gasteiger partial charge in [-0.25, -0.2) is 9.97 Å². The van der Waals surface area contributed by atoms with E-state index in [9.17, 15) is 4.79 Å². The van der Waals surface area contributed by atoms with Crippen LogP contribution in [0.1, 0.15) is 16.7 Å². The van der Waals surface area contributed by atoms with Gasteiger partial charge in [0.15, 0.2) is 5.16 Å². The number of aromatic nitrogens is 2. The van der Waals surface area contributed by atoms with Crippen LogP contribution in [-0.4, -0.2) is 15.9 Å². The third-order valence-electron chi connectivity index (χ3n) is 3.68. The molecule has 0 aliphatic heterocycles. The third kappa shape index (κ3) is 5.04. The second-order valence-electron chi connectivity index (χ2n) is 5.85. The number of hydrogen-bond donors (Lipinski definition) is 1. The fraction of sp³-hybridized carbons (Fsp3) is 0.0952. The number of carbonyl (C=O) groups is 1. The van der Waals surface area contributed by atoms with Gasteiger partial charge in [0.25, 0.3) is 0 Å². The minimum atomic E-state index is -0.151. The Bertz CT molecular complexity index is 939. The zero-order valence-electron chi connectivity index (χ0n) is 14.6. The fourth-order valence-corrected chi connectivity index (χ4v) is 3.21. The first-order valence-electron chi connectivity index (χ1n) is 8.21. The van der Waals surface area contributed by atoms with Gasteiger partial charge in [0, 0.05) is 29.1 Å². The number of carbonyl (C=O) groups excluding carboxylic acids is 1. The van der Waals surface area contributed by atoms with Crippen molar-refractivity contribution in [3.8, 4) is 0 Å². The second kappa shape index (κ2) is 8.45. The Balaban J connectivity index is 1.65. The molecule has 5 heteroatoms. The number of nitrogens with zero attached hydrogens (tertiary/aromatic N) is 2. The van der Waals surface area contributed by atoms with Crippen molar-refractivity contribution < 1.29 is 4.79 Å². The molecule has 0 saturated heterocycles. The normalized spacial score (nSPS) is 10.8. The molecule has 3 rings (SSSR count). The highest BCUT2D eigenvalue weighted by atomic mass is 32.2. The van der Waals surface area contributed by atoms with Crippen LogP contribution in [0.15, 0.2) is 77.1 Å². The molecule has 3 aromatic rings. The van der Waals surface area contributed by atoms with Crippen LogP contribution >= 0.6 is 11.8 Å². The number of anilines is 1. The summed E-state index contributed by atoms with van der Waals surface area (Å²) in [5.74, 6) is -0.151. The minimum Gasteiger partial charge on any atom is -0.322 e. The summed E-state index contributed by atoms with van der Waals surface area (Å²) in [5.41, 5.74) is 3.95. The maximum Gasteiger partial charge on any atom is 0.248 e. The van der Waals surface area contributed by atoms with Gasteiger partial charge in [-0.15, -0.1) is 0 Å². The average molecular weight is 361 g/mol. The highest BCUT2D eigenvalue weighted by molar-refractivity contribution is 7.99. The number of rotatable bonds is 5. The number of nitrogens with one attached hydrogen (secondary N) is 1. The molecular formula is C21H19N3OS. The van der Waals surface area contributed by atoms with Crippen LogP contribution in [0.5, 0.6) is 0 Å². The van der Waals surface area contributed by atoms with Gasteiger partial charge < -0.3 is 5.32 Å². The predicted molar refractivity (Wildman–Crippen MR) is 106 cm³/mol. The fourth-order valence-electron chi connectivity index (χ4n) is 2.40. The summed E-state index contributed by atoms with van der Waals surface area (Å²) in [4.78, 5) is 21.6. The van der Waals surface area contributed by atoms with Crippen molar-refractivity contribution in [1.29, 1.82) is 0 Å². The van der Waals surface area contributed by atoms with Gasteiger partial charge in [-0.3, -0.25) is 4.79 Å². The van der Waals surface area contributed by atoms with E-state index in [0.29, 0.717) is 5.16 Å². The Kier molecular flexibility index (Phi) is 5.81. The minimum absolute atomic E-state index is 0.151. The lowest BCUT2D eigenvalue weighted by Gasteiger charge is -2.08.